The molecule has 0 saturated carbocycles. The van der Waals surface area contributed by atoms with Crippen molar-refractivity contribution in [2.45, 2.75) is 0 Å². The quantitative estimate of drug-likeness (QED) is 0.357. The Morgan fingerprint density at radius 2 is 2.33 bits per heavy atom. The zero-order valence-corrected chi connectivity index (χ0v) is 7.51. The summed E-state index contributed by atoms with van der Waals surface area (Å²) >= 11 is 0. The van der Waals surface area contributed by atoms with E-state index >= 15 is 0 Å². The number of aromatic amines is 1. The van der Waals surface area contributed by atoms with Crippen LogP contribution in [0.25, 0.3) is 11.0 Å². The summed E-state index contributed by atoms with van der Waals surface area (Å²) in [5.74, 6) is -0.250. The Bertz CT molecular complexity index is 589. The van der Waals surface area contributed by atoms with E-state index in [0.29, 0.717) is 5.39 Å². The van der Waals surface area contributed by atoms with Crippen molar-refractivity contribution in [3.8, 4) is 5.75 Å². The van der Waals surface area contributed by atoms with Crippen LogP contribution in [0.15, 0.2) is 28.3 Å². The highest BCUT2D eigenvalue weighted by Gasteiger charge is 2.09. The predicted octanol–water partition coefficient (Wildman–Crippen LogP) is 0.437. The van der Waals surface area contributed by atoms with Crippen LogP contribution in [0.1, 0.15) is 5.56 Å². The minimum atomic E-state index is -0.559. The van der Waals surface area contributed by atoms with Crippen molar-refractivity contribution in [1.82, 2.24) is 9.97 Å². The number of aromatic nitrogens is 2. The smallest absolute Gasteiger partial charge is 0.262 e. The van der Waals surface area contributed by atoms with Crippen LogP contribution in [0.2, 0.25) is 0 Å². The van der Waals surface area contributed by atoms with Crippen molar-refractivity contribution in [2.75, 3.05) is 0 Å². The Morgan fingerprint density at radius 1 is 1.53 bits per heavy atom. The average molecular weight is 205 g/mol. The first-order valence-corrected chi connectivity index (χ1v) is 4.11. The van der Waals surface area contributed by atoms with E-state index in [4.69, 9.17) is 5.21 Å². The van der Waals surface area contributed by atoms with E-state index in [1.54, 1.807) is 12.1 Å². The number of hydrogen-bond acceptors (Lipinski definition) is 5. The maximum Gasteiger partial charge on any atom is 0.262 e. The molecule has 0 fully saturated rings. The van der Waals surface area contributed by atoms with Crippen LogP contribution >= 0.6 is 0 Å². The Labute approximate surface area is 83.5 Å². The van der Waals surface area contributed by atoms with Crippen LogP contribution in [-0.2, 0) is 0 Å². The van der Waals surface area contributed by atoms with E-state index in [0.717, 1.165) is 6.21 Å². The molecule has 2 aromatic rings. The van der Waals surface area contributed by atoms with Crippen LogP contribution in [0.4, 0.5) is 0 Å². The molecule has 0 aliphatic rings. The van der Waals surface area contributed by atoms with Gasteiger partial charge in [-0.05, 0) is 12.1 Å². The van der Waals surface area contributed by atoms with Gasteiger partial charge in [0.25, 0.3) is 5.56 Å². The highest BCUT2D eigenvalue weighted by Crippen LogP contribution is 2.21. The molecule has 0 aromatic carbocycles. The zero-order chi connectivity index (χ0) is 10.8. The van der Waals surface area contributed by atoms with Crippen molar-refractivity contribution < 1.29 is 10.3 Å². The molecular weight excluding hydrogens is 198 g/mol. The zero-order valence-electron chi connectivity index (χ0n) is 7.51. The molecule has 2 aromatic heterocycles. The molecule has 3 N–H and O–H groups in total. The maximum atomic E-state index is 11.4. The number of aromatic hydroxyl groups is 1. The summed E-state index contributed by atoms with van der Waals surface area (Å²) in [5.41, 5.74) is -0.371. The molecule has 2 heterocycles. The summed E-state index contributed by atoms with van der Waals surface area (Å²) < 4.78 is 0. The van der Waals surface area contributed by atoms with Crippen LogP contribution in [-0.4, -0.2) is 26.5 Å². The number of oxime groups is 1. The molecule has 0 aliphatic carbocycles. The topological polar surface area (TPSA) is 98.6 Å². The van der Waals surface area contributed by atoms with E-state index in [1.165, 1.54) is 6.20 Å². The molecule has 0 aliphatic heterocycles. The fraction of sp³-hybridized carbons (Fsp3) is 0. The lowest BCUT2D eigenvalue weighted by molar-refractivity contribution is 0.321. The molecule has 0 radical (unpaired) electrons. The van der Waals surface area contributed by atoms with E-state index in [9.17, 15) is 9.90 Å². The number of nitrogens with one attached hydrogen (secondary N) is 1. The minimum Gasteiger partial charge on any atom is -0.506 e. The third-order valence-corrected chi connectivity index (χ3v) is 1.98. The van der Waals surface area contributed by atoms with Gasteiger partial charge in [0.15, 0.2) is 0 Å². The lowest BCUT2D eigenvalue weighted by Crippen LogP contribution is -2.12. The van der Waals surface area contributed by atoms with Gasteiger partial charge in [0, 0.05) is 6.20 Å². The third-order valence-electron chi connectivity index (χ3n) is 1.98. The molecule has 0 bridgehead atoms. The second-order valence-electron chi connectivity index (χ2n) is 2.86. The van der Waals surface area contributed by atoms with Gasteiger partial charge >= 0.3 is 0 Å². The summed E-state index contributed by atoms with van der Waals surface area (Å²) in [6.07, 6.45) is 2.37. The van der Waals surface area contributed by atoms with Gasteiger partial charge in [-0.15, -0.1) is 0 Å². The molecular formula is C9H7N3O3. The van der Waals surface area contributed by atoms with Gasteiger partial charge in [-0.3, -0.25) is 4.79 Å². The molecule has 76 valence electrons. The lowest BCUT2D eigenvalue weighted by Gasteiger charge is -2.01. The van der Waals surface area contributed by atoms with E-state index < -0.39 is 5.56 Å². The summed E-state index contributed by atoms with van der Waals surface area (Å²) in [6, 6.07) is 3.22. The Morgan fingerprint density at radius 3 is 3.07 bits per heavy atom. The molecule has 0 unspecified atom stereocenters. The normalized spacial score (nSPS) is 11.2. The molecule has 15 heavy (non-hydrogen) atoms. The summed E-state index contributed by atoms with van der Waals surface area (Å²) in [7, 11) is 0. The highest BCUT2D eigenvalue weighted by atomic mass is 16.4. The third kappa shape index (κ3) is 1.41. The summed E-state index contributed by atoms with van der Waals surface area (Å²) in [5, 5.41) is 21.1. The number of fused-ring (bicyclic) bond motifs is 1. The molecule has 6 heteroatoms. The first-order valence-electron chi connectivity index (χ1n) is 4.11. The van der Waals surface area contributed by atoms with E-state index in [1.807, 2.05) is 0 Å². The van der Waals surface area contributed by atoms with Gasteiger partial charge in [-0.25, -0.2) is 4.98 Å². The van der Waals surface area contributed by atoms with Crippen LogP contribution < -0.4 is 5.56 Å². The van der Waals surface area contributed by atoms with Gasteiger partial charge in [0.2, 0.25) is 0 Å². The van der Waals surface area contributed by atoms with Crippen LogP contribution in [0.3, 0.4) is 0 Å². The maximum absolute atomic E-state index is 11.4. The van der Waals surface area contributed by atoms with Crippen molar-refractivity contribution in [3.05, 3.63) is 34.2 Å². The van der Waals surface area contributed by atoms with Crippen molar-refractivity contribution in [2.24, 2.45) is 5.16 Å². The number of H-pyrrole nitrogens is 1. The number of nitrogens with zero attached hydrogens (tertiary/aromatic N) is 2. The van der Waals surface area contributed by atoms with Crippen molar-refractivity contribution >= 4 is 17.2 Å². The van der Waals surface area contributed by atoms with Crippen molar-refractivity contribution in [1.29, 1.82) is 0 Å². The lowest BCUT2D eigenvalue weighted by atomic mass is 10.2. The predicted molar refractivity (Wildman–Crippen MR) is 53.4 cm³/mol. The van der Waals surface area contributed by atoms with Crippen LogP contribution in [0, 0.1) is 0 Å². The highest BCUT2D eigenvalue weighted by molar-refractivity contribution is 5.92. The standard InChI is InChI=1S/C9H7N3O3/c13-7-5-2-1-3-10-8(5)12-9(14)6(7)4-11-15/h1-4,15H,(H2,10,12,13,14)/b11-4-. The molecule has 0 amide bonds. The number of pyridine rings is 2. The fourth-order valence-electron chi connectivity index (χ4n) is 1.30. The monoisotopic (exact) mass is 205 g/mol. The van der Waals surface area contributed by atoms with Gasteiger partial charge in [0.05, 0.1) is 11.6 Å². The second kappa shape index (κ2) is 3.41. The summed E-state index contributed by atoms with van der Waals surface area (Å²) in [6.45, 7) is 0. The first-order chi connectivity index (χ1) is 7.24. The largest absolute Gasteiger partial charge is 0.506 e. The van der Waals surface area contributed by atoms with Gasteiger partial charge in [-0.2, -0.15) is 0 Å². The number of rotatable bonds is 1. The Kier molecular flexibility index (Phi) is 2.09. The number of hydrogen-bond donors (Lipinski definition) is 3. The Balaban J connectivity index is 2.90. The van der Waals surface area contributed by atoms with Gasteiger partial charge in [-0.1, -0.05) is 5.16 Å². The van der Waals surface area contributed by atoms with Gasteiger partial charge in [0.1, 0.15) is 17.0 Å². The summed E-state index contributed by atoms with van der Waals surface area (Å²) in [4.78, 5) is 17.7. The molecule has 2 rings (SSSR count). The first kappa shape index (κ1) is 9.20. The SMILES string of the molecule is O=c1[nH]c2ncccc2c(O)c1/C=N\O. The van der Waals surface area contributed by atoms with E-state index in [2.05, 4.69) is 15.1 Å². The molecule has 6 nitrogen and oxygen atoms in total. The second-order valence-corrected chi connectivity index (χ2v) is 2.86. The molecule has 0 spiro atoms. The van der Waals surface area contributed by atoms with E-state index in [-0.39, 0.29) is 17.0 Å². The van der Waals surface area contributed by atoms with Crippen LogP contribution in [0.5, 0.6) is 5.75 Å². The van der Waals surface area contributed by atoms with Gasteiger partial charge < -0.3 is 15.3 Å². The molecule has 0 atom stereocenters. The average Bonchev–Trinajstić information content (AvgIpc) is 2.24. The fourth-order valence-corrected chi connectivity index (χ4v) is 1.30. The minimum absolute atomic E-state index is 0.0991. The Hall–Kier alpha value is -2.37. The molecule has 0 saturated heterocycles. The van der Waals surface area contributed by atoms with Crippen molar-refractivity contribution in [3.63, 3.8) is 0 Å².